The number of hydrogen-bond donors (Lipinski definition) is 0. The monoisotopic (exact) mass is 369 g/mol. The third-order valence-corrected chi connectivity index (χ3v) is 4.97. The number of para-hydroxylation sites is 1. The van der Waals surface area contributed by atoms with E-state index in [0.29, 0.717) is 26.2 Å². The van der Waals surface area contributed by atoms with Crippen molar-refractivity contribution in [2.24, 2.45) is 0 Å². The van der Waals surface area contributed by atoms with Gasteiger partial charge in [-0.2, -0.15) is 0 Å². The molecule has 1 aliphatic rings. The van der Waals surface area contributed by atoms with Gasteiger partial charge in [-0.15, -0.1) is 0 Å². The second kappa shape index (κ2) is 6.92. The number of aromatic nitrogens is 1. The summed E-state index contributed by atoms with van der Waals surface area (Å²) in [6.45, 7) is 2.28. The van der Waals surface area contributed by atoms with Crippen LogP contribution in [-0.2, 0) is 0 Å². The molecule has 1 amide bonds. The van der Waals surface area contributed by atoms with Crippen molar-refractivity contribution in [3.8, 4) is 0 Å². The van der Waals surface area contributed by atoms with E-state index in [4.69, 9.17) is 16.6 Å². The molecule has 0 aliphatic carbocycles. The van der Waals surface area contributed by atoms with E-state index in [0.717, 1.165) is 16.7 Å². The van der Waals surface area contributed by atoms with E-state index in [1.807, 2.05) is 36.4 Å². The van der Waals surface area contributed by atoms with Crippen LogP contribution < -0.4 is 4.90 Å². The highest BCUT2D eigenvalue weighted by Crippen LogP contribution is 2.23. The van der Waals surface area contributed by atoms with Crippen LogP contribution >= 0.6 is 11.6 Å². The first kappa shape index (κ1) is 16.8. The van der Waals surface area contributed by atoms with Crippen molar-refractivity contribution < 1.29 is 9.18 Å². The fourth-order valence-electron chi connectivity index (χ4n) is 3.23. The molecule has 0 saturated carbocycles. The Morgan fingerprint density at radius 1 is 0.962 bits per heavy atom. The normalized spacial score (nSPS) is 14.7. The SMILES string of the molecule is O=C(c1c(F)cccc1Cl)N1CCN(c2ccc3ccccc3n2)CC1. The van der Waals surface area contributed by atoms with Gasteiger partial charge in [-0.3, -0.25) is 4.79 Å². The topological polar surface area (TPSA) is 36.4 Å². The van der Waals surface area contributed by atoms with Crippen molar-refractivity contribution in [3.05, 3.63) is 71.0 Å². The zero-order chi connectivity index (χ0) is 18.1. The van der Waals surface area contributed by atoms with Gasteiger partial charge in [0.1, 0.15) is 11.6 Å². The molecule has 0 spiro atoms. The van der Waals surface area contributed by atoms with Crippen molar-refractivity contribution in [1.82, 2.24) is 9.88 Å². The molecular weight excluding hydrogens is 353 g/mol. The van der Waals surface area contributed by atoms with Gasteiger partial charge in [-0.25, -0.2) is 9.37 Å². The molecule has 2 heterocycles. The van der Waals surface area contributed by atoms with Crippen LogP contribution in [0.3, 0.4) is 0 Å². The summed E-state index contributed by atoms with van der Waals surface area (Å²) >= 11 is 6.02. The van der Waals surface area contributed by atoms with Crippen LogP contribution in [0.5, 0.6) is 0 Å². The molecule has 26 heavy (non-hydrogen) atoms. The number of carbonyl (C=O) groups excluding carboxylic acids is 1. The molecule has 1 fully saturated rings. The smallest absolute Gasteiger partial charge is 0.258 e. The number of benzene rings is 2. The van der Waals surface area contributed by atoms with Gasteiger partial charge in [0.05, 0.1) is 16.1 Å². The van der Waals surface area contributed by atoms with Gasteiger partial charge >= 0.3 is 0 Å². The Morgan fingerprint density at radius 2 is 1.73 bits per heavy atom. The molecular formula is C20H17ClFN3O. The first-order valence-corrected chi connectivity index (χ1v) is 8.85. The van der Waals surface area contributed by atoms with E-state index < -0.39 is 5.82 Å². The predicted octanol–water partition coefficient (Wildman–Crippen LogP) is 3.99. The third kappa shape index (κ3) is 3.10. The number of amides is 1. The van der Waals surface area contributed by atoms with Crippen LogP contribution in [-0.4, -0.2) is 42.0 Å². The number of hydrogen-bond acceptors (Lipinski definition) is 3. The Hall–Kier alpha value is -2.66. The van der Waals surface area contributed by atoms with E-state index in [-0.39, 0.29) is 16.5 Å². The molecule has 4 nitrogen and oxygen atoms in total. The van der Waals surface area contributed by atoms with Gasteiger partial charge in [0.2, 0.25) is 0 Å². The number of halogens is 2. The lowest BCUT2D eigenvalue weighted by Crippen LogP contribution is -2.49. The summed E-state index contributed by atoms with van der Waals surface area (Å²) in [5, 5.41) is 1.24. The summed E-state index contributed by atoms with van der Waals surface area (Å²) in [6.07, 6.45) is 0. The first-order valence-electron chi connectivity index (χ1n) is 8.47. The average molecular weight is 370 g/mol. The zero-order valence-electron chi connectivity index (χ0n) is 14.0. The largest absolute Gasteiger partial charge is 0.353 e. The van der Waals surface area contributed by atoms with Crippen LogP contribution in [0.15, 0.2) is 54.6 Å². The van der Waals surface area contributed by atoms with Gasteiger partial charge < -0.3 is 9.80 Å². The Morgan fingerprint density at radius 3 is 2.50 bits per heavy atom. The minimum absolute atomic E-state index is 0.0496. The number of fused-ring (bicyclic) bond motifs is 1. The second-order valence-corrected chi connectivity index (χ2v) is 6.65. The summed E-state index contributed by atoms with van der Waals surface area (Å²) < 4.78 is 14.0. The molecule has 4 rings (SSSR count). The van der Waals surface area contributed by atoms with Crippen molar-refractivity contribution in [2.45, 2.75) is 0 Å². The molecule has 132 valence electrons. The summed E-state index contributed by atoms with van der Waals surface area (Å²) in [5.41, 5.74) is 0.896. The molecule has 6 heteroatoms. The quantitative estimate of drug-likeness (QED) is 0.685. The number of piperazine rings is 1. The van der Waals surface area contributed by atoms with Gasteiger partial charge in [-0.05, 0) is 30.3 Å². The van der Waals surface area contributed by atoms with Gasteiger partial charge in [0.25, 0.3) is 5.91 Å². The van der Waals surface area contributed by atoms with Crippen molar-refractivity contribution in [2.75, 3.05) is 31.1 Å². The zero-order valence-corrected chi connectivity index (χ0v) is 14.8. The van der Waals surface area contributed by atoms with Crippen LogP contribution in [0.4, 0.5) is 10.2 Å². The molecule has 0 radical (unpaired) electrons. The van der Waals surface area contributed by atoms with Crippen LogP contribution in [0.1, 0.15) is 10.4 Å². The fraction of sp³-hybridized carbons (Fsp3) is 0.200. The maximum absolute atomic E-state index is 14.0. The number of anilines is 1. The lowest BCUT2D eigenvalue weighted by atomic mass is 10.1. The van der Waals surface area contributed by atoms with E-state index in [1.165, 1.54) is 18.2 Å². The Bertz CT molecular complexity index is 950. The molecule has 2 aromatic carbocycles. The molecule has 0 N–H and O–H groups in total. The third-order valence-electron chi connectivity index (χ3n) is 4.65. The van der Waals surface area contributed by atoms with Crippen molar-refractivity contribution >= 4 is 34.2 Å². The van der Waals surface area contributed by atoms with E-state index >= 15 is 0 Å². The first-order chi connectivity index (χ1) is 12.6. The maximum atomic E-state index is 14.0. The van der Waals surface area contributed by atoms with E-state index in [9.17, 15) is 9.18 Å². The van der Waals surface area contributed by atoms with Crippen molar-refractivity contribution in [3.63, 3.8) is 0 Å². The molecule has 1 aromatic heterocycles. The molecule has 0 unspecified atom stereocenters. The number of pyridine rings is 1. The lowest BCUT2D eigenvalue weighted by Gasteiger charge is -2.35. The second-order valence-electron chi connectivity index (χ2n) is 6.24. The summed E-state index contributed by atoms with van der Waals surface area (Å²) in [4.78, 5) is 21.1. The minimum atomic E-state index is -0.582. The minimum Gasteiger partial charge on any atom is -0.353 e. The van der Waals surface area contributed by atoms with Crippen LogP contribution in [0.2, 0.25) is 5.02 Å². The van der Waals surface area contributed by atoms with E-state index in [1.54, 1.807) is 4.90 Å². The summed E-state index contributed by atoms with van der Waals surface area (Å²) in [7, 11) is 0. The molecule has 1 aliphatic heterocycles. The van der Waals surface area contributed by atoms with Crippen molar-refractivity contribution in [1.29, 1.82) is 0 Å². The molecule has 1 saturated heterocycles. The molecule has 0 bridgehead atoms. The fourth-order valence-corrected chi connectivity index (χ4v) is 3.47. The van der Waals surface area contributed by atoms with E-state index in [2.05, 4.69) is 4.90 Å². The summed E-state index contributed by atoms with van der Waals surface area (Å²) in [6, 6.07) is 16.3. The molecule has 0 atom stereocenters. The molecule has 3 aromatic rings. The highest BCUT2D eigenvalue weighted by molar-refractivity contribution is 6.33. The standard InChI is InChI=1S/C20H17ClFN3O/c21-15-5-3-6-16(22)19(15)20(26)25-12-10-24(11-13-25)18-9-8-14-4-1-2-7-17(14)23-18/h1-9H,10-13H2. The van der Waals surface area contributed by atoms with Crippen LogP contribution in [0, 0.1) is 5.82 Å². The number of nitrogens with zero attached hydrogens (tertiary/aromatic N) is 3. The Labute approximate surface area is 155 Å². The Kier molecular flexibility index (Phi) is 4.47. The maximum Gasteiger partial charge on any atom is 0.258 e. The lowest BCUT2D eigenvalue weighted by molar-refractivity contribution is 0.0742. The average Bonchev–Trinajstić information content (AvgIpc) is 2.67. The predicted molar refractivity (Wildman–Crippen MR) is 101 cm³/mol. The summed E-state index contributed by atoms with van der Waals surface area (Å²) in [5.74, 6) is -0.0555. The van der Waals surface area contributed by atoms with Crippen LogP contribution in [0.25, 0.3) is 10.9 Å². The van der Waals surface area contributed by atoms with Gasteiger partial charge in [0.15, 0.2) is 0 Å². The van der Waals surface area contributed by atoms with Gasteiger partial charge in [0, 0.05) is 31.6 Å². The highest BCUT2D eigenvalue weighted by atomic mass is 35.5. The number of carbonyl (C=O) groups is 1. The van der Waals surface area contributed by atoms with Gasteiger partial charge in [-0.1, -0.05) is 35.9 Å². The Balaban J connectivity index is 1.49. The highest BCUT2D eigenvalue weighted by Gasteiger charge is 2.26. The number of rotatable bonds is 2.